The summed E-state index contributed by atoms with van der Waals surface area (Å²) in [4.78, 5) is 22.8. The molecule has 0 aliphatic carbocycles. The van der Waals surface area contributed by atoms with E-state index in [4.69, 9.17) is 14.2 Å². The van der Waals surface area contributed by atoms with Crippen LogP contribution in [0.3, 0.4) is 0 Å². The van der Waals surface area contributed by atoms with Gasteiger partial charge in [0.15, 0.2) is 0 Å². The predicted molar refractivity (Wildman–Crippen MR) is 79.4 cm³/mol. The van der Waals surface area contributed by atoms with Gasteiger partial charge in [0.1, 0.15) is 24.1 Å². The van der Waals surface area contributed by atoms with E-state index in [-0.39, 0.29) is 13.0 Å². The number of carboxylic acid groups (broad SMARTS) is 1. The molecular formula is C15H19NO6. The molecular weight excluding hydrogens is 290 g/mol. The number of benzene rings is 1. The molecule has 0 aromatic heterocycles. The second-order valence-corrected chi connectivity index (χ2v) is 4.30. The van der Waals surface area contributed by atoms with Crippen molar-refractivity contribution in [3.05, 3.63) is 36.4 Å². The minimum atomic E-state index is -1.18. The fourth-order valence-electron chi connectivity index (χ4n) is 1.78. The summed E-state index contributed by atoms with van der Waals surface area (Å²) < 4.78 is 15.0. The van der Waals surface area contributed by atoms with Gasteiger partial charge >= 0.3 is 12.1 Å². The number of methoxy groups -OCH3 is 2. The summed E-state index contributed by atoms with van der Waals surface area (Å²) in [6.45, 7) is 3.41. The van der Waals surface area contributed by atoms with E-state index in [0.29, 0.717) is 17.1 Å². The van der Waals surface area contributed by atoms with Gasteiger partial charge in [-0.2, -0.15) is 0 Å². The van der Waals surface area contributed by atoms with Gasteiger partial charge in [0.25, 0.3) is 0 Å². The highest BCUT2D eigenvalue weighted by molar-refractivity contribution is 5.80. The molecule has 22 heavy (non-hydrogen) atoms. The average Bonchev–Trinajstić information content (AvgIpc) is 2.51. The summed E-state index contributed by atoms with van der Waals surface area (Å²) in [7, 11) is 2.98. The van der Waals surface area contributed by atoms with Gasteiger partial charge in [-0.05, 0) is 18.2 Å². The summed E-state index contributed by atoms with van der Waals surface area (Å²) in [6.07, 6.45) is 0.591. The van der Waals surface area contributed by atoms with Crippen LogP contribution in [0.5, 0.6) is 11.5 Å². The molecule has 0 radical (unpaired) electrons. The third-order valence-corrected chi connectivity index (χ3v) is 2.83. The summed E-state index contributed by atoms with van der Waals surface area (Å²) >= 11 is 0. The first-order chi connectivity index (χ1) is 10.5. The Bertz CT molecular complexity index is 543. The van der Waals surface area contributed by atoms with E-state index in [1.54, 1.807) is 18.2 Å². The number of hydrogen-bond acceptors (Lipinski definition) is 5. The predicted octanol–water partition coefficient (Wildman–Crippen LogP) is 1.61. The number of ether oxygens (including phenoxy) is 3. The Morgan fingerprint density at radius 1 is 1.36 bits per heavy atom. The monoisotopic (exact) mass is 309 g/mol. The highest BCUT2D eigenvalue weighted by Crippen LogP contribution is 2.25. The number of carbonyl (C=O) groups excluding carboxylic acids is 1. The second-order valence-electron chi connectivity index (χ2n) is 4.30. The zero-order valence-electron chi connectivity index (χ0n) is 12.5. The number of aliphatic carboxylic acids is 1. The van der Waals surface area contributed by atoms with Crippen molar-refractivity contribution in [2.75, 3.05) is 20.8 Å². The minimum absolute atomic E-state index is 0.000648. The molecule has 1 aromatic rings. The number of hydrogen-bond donors (Lipinski definition) is 2. The normalized spacial score (nSPS) is 11.2. The van der Waals surface area contributed by atoms with E-state index < -0.39 is 18.1 Å². The molecule has 1 unspecified atom stereocenters. The molecule has 0 aliphatic rings. The number of rotatable bonds is 8. The maximum absolute atomic E-state index is 11.5. The Morgan fingerprint density at radius 3 is 2.64 bits per heavy atom. The molecule has 1 aromatic carbocycles. The van der Waals surface area contributed by atoms with E-state index in [0.717, 1.165) is 0 Å². The number of amides is 1. The fraction of sp³-hybridized carbons (Fsp3) is 0.333. The van der Waals surface area contributed by atoms with E-state index in [2.05, 4.69) is 11.9 Å². The zero-order chi connectivity index (χ0) is 16.5. The van der Waals surface area contributed by atoms with Crippen LogP contribution in [0.4, 0.5) is 4.79 Å². The SMILES string of the molecule is C=CCOC(=O)NC(Cc1cc(OC)ccc1OC)C(=O)O. The molecule has 0 spiro atoms. The van der Waals surface area contributed by atoms with E-state index in [9.17, 15) is 14.7 Å². The van der Waals surface area contributed by atoms with Crippen LogP contribution >= 0.6 is 0 Å². The van der Waals surface area contributed by atoms with Crippen LogP contribution in [-0.2, 0) is 16.0 Å². The Hall–Kier alpha value is -2.70. The van der Waals surface area contributed by atoms with Gasteiger partial charge in [0.2, 0.25) is 0 Å². The van der Waals surface area contributed by atoms with Crippen LogP contribution in [0.2, 0.25) is 0 Å². The number of nitrogens with one attached hydrogen (secondary N) is 1. The summed E-state index contributed by atoms with van der Waals surface area (Å²) in [5, 5.41) is 11.5. The molecule has 1 amide bonds. The maximum atomic E-state index is 11.5. The van der Waals surface area contributed by atoms with Crippen molar-refractivity contribution >= 4 is 12.1 Å². The van der Waals surface area contributed by atoms with E-state index >= 15 is 0 Å². The van der Waals surface area contributed by atoms with Crippen molar-refractivity contribution in [3.8, 4) is 11.5 Å². The molecule has 120 valence electrons. The largest absolute Gasteiger partial charge is 0.497 e. The lowest BCUT2D eigenvalue weighted by molar-refractivity contribution is -0.139. The molecule has 1 atom stereocenters. The van der Waals surface area contributed by atoms with Crippen molar-refractivity contribution in [1.82, 2.24) is 5.32 Å². The molecule has 7 nitrogen and oxygen atoms in total. The van der Waals surface area contributed by atoms with Gasteiger partial charge in [0, 0.05) is 12.0 Å². The van der Waals surface area contributed by atoms with Gasteiger partial charge in [-0.1, -0.05) is 12.7 Å². The molecule has 7 heteroatoms. The minimum Gasteiger partial charge on any atom is -0.497 e. The van der Waals surface area contributed by atoms with Crippen molar-refractivity contribution in [2.24, 2.45) is 0 Å². The first-order valence-electron chi connectivity index (χ1n) is 6.49. The van der Waals surface area contributed by atoms with Gasteiger partial charge in [0.05, 0.1) is 14.2 Å². The lowest BCUT2D eigenvalue weighted by Gasteiger charge is -2.16. The number of alkyl carbamates (subject to hydrolysis) is 1. The number of carboxylic acids is 1. The Balaban J connectivity index is 2.88. The van der Waals surface area contributed by atoms with Crippen molar-refractivity contribution in [2.45, 2.75) is 12.5 Å². The van der Waals surface area contributed by atoms with Gasteiger partial charge in [-0.3, -0.25) is 0 Å². The zero-order valence-corrected chi connectivity index (χ0v) is 12.5. The van der Waals surface area contributed by atoms with Crippen LogP contribution in [0.1, 0.15) is 5.56 Å². The highest BCUT2D eigenvalue weighted by atomic mass is 16.5. The van der Waals surface area contributed by atoms with Crippen molar-refractivity contribution < 1.29 is 28.9 Å². The molecule has 0 saturated heterocycles. The molecule has 0 heterocycles. The fourth-order valence-corrected chi connectivity index (χ4v) is 1.78. The molecule has 2 N–H and O–H groups in total. The standard InChI is InChI=1S/C15H19NO6/c1-4-7-22-15(19)16-12(14(17)18)9-10-8-11(20-2)5-6-13(10)21-3/h4-6,8,12H,1,7,9H2,2-3H3,(H,16,19)(H,17,18). The van der Waals surface area contributed by atoms with Crippen LogP contribution in [0.25, 0.3) is 0 Å². The Morgan fingerprint density at radius 2 is 2.09 bits per heavy atom. The quantitative estimate of drug-likeness (QED) is 0.709. The molecule has 0 fully saturated rings. The van der Waals surface area contributed by atoms with Crippen molar-refractivity contribution in [1.29, 1.82) is 0 Å². The third-order valence-electron chi connectivity index (χ3n) is 2.83. The Labute approximate surface area is 128 Å². The molecule has 0 saturated carbocycles. The van der Waals surface area contributed by atoms with Crippen LogP contribution in [0.15, 0.2) is 30.9 Å². The molecule has 0 bridgehead atoms. The van der Waals surface area contributed by atoms with Gasteiger partial charge in [-0.15, -0.1) is 0 Å². The first kappa shape index (κ1) is 17.4. The summed E-state index contributed by atoms with van der Waals surface area (Å²) in [5.74, 6) is -0.108. The summed E-state index contributed by atoms with van der Waals surface area (Å²) in [6, 6.07) is 3.87. The van der Waals surface area contributed by atoms with Crippen LogP contribution in [-0.4, -0.2) is 44.0 Å². The highest BCUT2D eigenvalue weighted by Gasteiger charge is 2.23. The topological polar surface area (TPSA) is 94.1 Å². The Kier molecular flexibility index (Phi) is 6.75. The second kappa shape index (κ2) is 8.56. The van der Waals surface area contributed by atoms with Gasteiger partial charge < -0.3 is 24.6 Å². The maximum Gasteiger partial charge on any atom is 0.408 e. The van der Waals surface area contributed by atoms with E-state index in [1.807, 2.05) is 0 Å². The van der Waals surface area contributed by atoms with Crippen LogP contribution < -0.4 is 14.8 Å². The van der Waals surface area contributed by atoms with E-state index in [1.165, 1.54) is 20.3 Å². The van der Waals surface area contributed by atoms with Crippen molar-refractivity contribution in [3.63, 3.8) is 0 Å². The third kappa shape index (κ3) is 5.01. The van der Waals surface area contributed by atoms with Gasteiger partial charge in [-0.25, -0.2) is 9.59 Å². The first-order valence-corrected chi connectivity index (χ1v) is 6.49. The van der Waals surface area contributed by atoms with Crippen LogP contribution in [0, 0.1) is 0 Å². The lowest BCUT2D eigenvalue weighted by atomic mass is 10.0. The smallest absolute Gasteiger partial charge is 0.408 e. The lowest BCUT2D eigenvalue weighted by Crippen LogP contribution is -2.42. The molecule has 0 aliphatic heterocycles. The summed E-state index contributed by atoms with van der Waals surface area (Å²) in [5.41, 5.74) is 0.596. The average molecular weight is 309 g/mol. The number of carbonyl (C=O) groups is 2. The molecule has 1 rings (SSSR count).